The molecule has 0 saturated heterocycles. The van der Waals surface area contributed by atoms with E-state index in [1.165, 1.54) is 0 Å². The van der Waals surface area contributed by atoms with E-state index >= 15 is 0 Å². The van der Waals surface area contributed by atoms with Crippen LogP contribution in [0, 0.1) is 40.8 Å². The fraction of sp³-hybridized carbons (Fsp3) is 0. The summed E-state index contributed by atoms with van der Waals surface area (Å²) in [6.45, 7) is 0. The van der Waals surface area contributed by atoms with Crippen molar-refractivity contribution >= 4 is 27.3 Å². The van der Waals surface area contributed by atoms with E-state index in [4.69, 9.17) is 0 Å². The molecule has 0 rings (SSSR count). The minimum absolute atomic E-state index is 0. The van der Waals surface area contributed by atoms with Crippen LogP contribution in [-0.4, -0.2) is 27.3 Å². The maximum Gasteiger partial charge on any atom is 3.00 e. The third kappa shape index (κ3) is 18.9. The summed E-state index contributed by atoms with van der Waals surface area (Å²) in [5, 5.41) is 0. The Balaban J connectivity index is 0. The molecule has 0 aromatic heterocycles. The smallest absolute Gasteiger partial charge is 2.00 e. The standard InChI is InChI=1S/Fe.Mn.Nd.O.Pb/q2*+2;+3;-2;+2. The van der Waals surface area contributed by atoms with E-state index in [2.05, 4.69) is 0 Å². The predicted molar refractivity (Wildman–Crippen MR) is 6.44 cm³/mol. The van der Waals surface area contributed by atoms with Crippen molar-refractivity contribution in [2.45, 2.75) is 0 Å². The van der Waals surface area contributed by atoms with E-state index in [1.54, 1.807) is 0 Å². The van der Waals surface area contributed by atoms with Gasteiger partial charge in [0.05, 0.1) is 0 Å². The summed E-state index contributed by atoms with van der Waals surface area (Å²) < 4.78 is 0. The first-order valence-corrected chi connectivity index (χ1v) is 0. The molecule has 0 N–H and O–H groups in total. The molecule has 22 valence electrons. The van der Waals surface area contributed by atoms with Gasteiger partial charge in [-0.15, -0.1) is 0 Å². The molecule has 0 aromatic rings. The molecule has 0 unspecified atom stereocenters. The Morgan fingerprint density at radius 1 is 1.00 bits per heavy atom. The molecule has 0 heterocycles. The molecule has 0 aliphatic heterocycles. The molecule has 0 spiro atoms. The van der Waals surface area contributed by atoms with Crippen molar-refractivity contribution in [2.24, 2.45) is 0 Å². The number of rotatable bonds is 0. The third-order valence-corrected chi connectivity index (χ3v) is 0. The van der Waals surface area contributed by atoms with Crippen molar-refractivity contribution in [3.8, 4) is 0 Å². The monoisotopic (exact) mass is 477 g/mol. The summed E-state index contributed by atoms with van der Waals surface area (Å²) in [5.41, 5.74) is 0. The van der Waals surface area contributed by atoms with Gasteiger partial charge in [0.15, 0.2) is 0 Å². The molecular formula is FeMnNdOPb+7. The molecule has 5 heteroatoms. The Kier molecular flexibility index (Phi) is 218. The largest absolute Gasteiger partial charge is 3.00 e. The van der Waals surface area contributed by atoms with E-state index in [0.717, 1.165) is 0 Å². The van der Waals surface area contributed by atoms with Crippen LogP contribution in [0.5, 0.6) is 0 Å². The van der Waals surface area contributed by atoms with Gasteiger partial charge in [0.1, 0.15) is 0 Å². The second-order valence-corrected chi connectivity index (χ2v) is 0. The van der Waals surface area contributed by atoms with Gasteiger partial charge in [0.25, 0.3) is 0 Å². The van der Waals surface area contributed by atoms with Crippen LogP contribution in [0.1, 0.15) is 0 Å². The minimum atomic E-state index is 0. The molecular weight excluding hydrogens is 478 g/mol. The Labute approximate surface area is 105 Å². The molecule has 1 nitrogen and oxygen atoms in total. The summed E-state index contributed by atoms with van der Waals surface area (Å²) in [4.78, 5) is 0. The topological polar surface area (TPSA) is 28.5 Å². The van der Waals surface area contributed by atoms with Crippen molar-refractivity contribution < 1.29 is 80.5 Å². The first kappa shape index (κ1) is 40.9. The van der Waals surface area contributed by atoms with Gasteiger partial charge in [-0.2, -0.15) is 0 Å². The third-order valence-electron chi connectivity index (χ3n) is 0. The fourth-order valence-corrected chi connectivity index (χ4v) is 0. The molecule has 0 fully saturated rings. The average molecular weight is 478 g/mol. The molecule has 0 saturated carbocycles. The van der Waals surface area contributed by atoms with E-state index in [0.29, 0.717) is 0 Å². The van der Waals surface area contributed by atoms with Gasteiger partial charge >= 0.3 is 102 Å². The molecule has 0 amide bonds. The van der Waals surface area contributed by atoms with E-state index in [9.17, 15) is 0 Å². The van der Waals surface area contributed by atoms with Crippen LogP contribution in [0.4, 0.5) is 0 Å². The molecule has 0 bridgehead atoms. The van der Waals surface area contributed by atoms with Crippen molar-refractivity contribution in [2.75, 3.05) is 0 Å². The second-order valence-electron chi connectivity index (χ2n) is 0. The van der Waals surface area contributed by atoms with Crippen LogP contribution in [-0.2, 0) is 39.6 Å². The minimum Gasteiger partial charge on any atom is -2.00 e. The van der Waals surface area contributed by atoms with Crippen LogP contribution in [0.15, 0.2) is 0 Å². The Morgan fingerprint density at radius 3 is 1.00 bits per heavy atom. The first-order valence-electron chi connectivity index (χ1n) is 0. The summed E-state index contributed by atoms with van der Waals surface area (Å²) >= 11 is 0. The van der Waals surface area contributed by atoms with Crippen LogP contribution < -0.4 is 0 Å². The van der Waals surface area contributed by atoms with Crippen molar-refractivity contribution in [1.29, 1.82) is 0 Å². The van der Waals surface area contributed by atoms with Gasteiger partial charge in [-0.05, 0) is 0 Å². The zero-order valence-corrected chi connectivity index (χ0v) is 11.5. The molecule has 0 aliphatic rings. The van der Waals surface area contributed by atoms with Crippen molar-refractivity contribution in [3.63, 3.8) is 0 Å². The average Bonchev–Trinajstić information content (AvgIpc) is 0. The van der Waals surface area contributed by atoms with Crippen LogP contribution in [0.3, 0.4) is 0 Å². The van der Waals surface area contributed by atoms with Crippen molar-refractivity contribution in [3.05, 3.63) is 0 Å². The molecule has 0 aromatic carbocycles. The van der Waals surface area contributed by atoms with Gasteiger partial charge in [0, 0.05) is 0 Å². The number of hydrogen-bond donors (Lipinski definition) is 0. The maximum atomic E-state index is 0. The summed E-state index contributed by atoms with van der Waals surface area (Å²) in [6.07, 6.45) is 0. The van der Waals surface area contributed by atoms with Crippen LogP contribution in [0.2, 0.25) is 0 Å². The SMILES string of the molecule is [Fe+2].[Mn+2].[Nd+3].[O-2].[Pb+2]. The van der Waals surface area contributed by atoms with Gasteiger partial charge in [-0.25, -0.2) is 0 Å². The molecule has 0 aliphatic carbocycles. The summed E-state index contributed by atoms with van der Waals surface area (Å²) in [7, 11) is 0. The molecule has 4 radical (unpaired) electrons. The molecule has 0 atom stereocenters. The Bertz CT molecular complexity index is 11.6. The Hall–Kier alpha value is 3.27. The molecule has 5 heavy (non-hydrogen) atoms. The Morgan fingerprint density at radius 2 is 1.00 bits per heavy atom. The maximum absolute atomic E-state index is 0. The predicted octanol–water partition coefficient (Wildman–Crippen LogP) is -0.505. The van der Waals surface area contributed by atoms with Crippen LogP contribution in [0.25, 0.3) is 0 Å². The zero-order chi connectivity index (χ0) is 0. The van der Waals surface area contributed by atoms with E-state index < -0.39 is 0 Å². The van der Waals surface area contributed by atoms with E-state index in [1.807, 2.05) is 0 Å². The van der Waals surface area contributed by atoms with Gasteiger partial charge in [-0.3, -0.25) is 0 Å². The van der Waals surface area contributed by atoms with Gasteiger partial charge in [0.2, 0.25) is 0 Å². The normalized spacial score (nSPS) is 0. The summed E-state index contributed by atoms with van der Waals surface area (Å²) in [6, 6.07) is 0. The van der Waals surface area contributed by atoms with Crippen LogP contribution >= 0.6 is 0 Å². The fourth-order valence-electron chi connectivity index (χ4n) is 0. The first-order chi connectivity index (χ1) is 0. The van der Waals surface area contributed by atoms with Gasteiger partial charge in [-0.1, -0.05) is 0 Å². The van der Waals surface area contributed by atoms with Crippen molar-refractivity contribution in [1.82, 2.24) is 0 Å². The van der Waals surface area contributed by atoms with Gasteiger partial charge < -0.3 is 5.48 Å². The number of hydrogen-bond acceptors (Lipinski definition) is 0. The summed E-state index contributed by atoms with van der Waals surface area (Å²) in [5.74, 6) is 0. The zero-order valence-electron chi connectivity index (χ0n) is 2.14. The quantitative estimate of drug-likeness (QED) is 0.421. The second kappa shape index (κ2) is 26.7. The van der Waals surface area contributed by atoms with E-state index in [-0.39, 0.29) is 108 Å².